The van der Waals surface area contributed by atoms with Gasteiger partial charge in [-0.15, -0.1) is 0 Å². The molecular weight excluding hydrogens is 312 g/mol. The maximum atomic E-state index is 12.6. The third-order valence-corrected chi connectivity index (χ3v) is 5.42. The Kier molecular flexibility index (Phi) is 3.79. The minimum absolute atomic E-state index is 0.110. The van der Waals surface area contributed by atoms with Crippen LogP contribution in [-0.4, -0.2) is 48.7 Å². The molecule has 5 nitrogen and oxygen atoms in total. The van der Waals surface area contributed by atoms with E-state index < -0.39 is 0 Å². The number of pyridine rings is 1. The fourth-order valence-corrected chi connectivity index (χ4v) is 4.05. The summed E-state index contributed by atoms with van der Waals surface area (Å²) in [6, 6.07) is 5.64. The zero-order valence-corrected chi connectivity index (χ0v) is 13.5. The lowest BCUT2D eigenvalue weighted by molar-refractivity contribution is 0.0660. The lowest BCUT2D eigenvalue weighted by Crippen LogP contribution is -2.38. The second kappa shape index (κ2) is 5.94. The average molecular weight is 330 g/mol. The van der Waals surface area contributed by atoms with Crippen LogP contribution in [0.1, 0.15) is 10.4 Å². The van der Waals surface area contributed by atoms with Gasteiger partial charge < -0.3 is 14.4 Å². The number of amides is 1. The molecule has 1 amide bonds. The van der Waals surface area contributed by atoms with Crippen molar-refractivity contribution in [3.8, 4) is 5.75 Å². The highest BCUT2D eigenvalue weighted by molar-refractivity contribution is 7.08. The third-order valence-electron chi connectivity index (χ3n) is 4.74. The van der Waals surface area contributed by atoms with E-state index in [1.807, 2.05) is 33.9 Å². The van der Waals surface area contributed by atoms with Crippen molar-refractivity contribution >= 4 is 17.2 Å². The van der Waals surface area contributed by atoms with Crippen LogP contribution < -0.4 is 4.74 Å². The number of ether oxygens (including phenoxy) is 2. The molecule has 0 N–H and O–H groups in total. The number of carbonyl (C=O) groups is 1. The largest absolute Gasteiger partial charge is 0.491 e. The van der Waals surface area contributed by atoms with Gasteiger partial charge in [0.15, 0.2) is 0 Å². The van der Waals surface area contributed by atoms with Gasteiger partial charge in [0.25, 0.3) is 5.91 Å². The Bertz CT molecular complexity index is 676. The SMILES string of the molecule is O=C(c1ccsc1)N1C[C@@H]2COC[C@]2(COc2cccnc2)C1. The number of hydrogen-bond acceptors (Lipinski definition) is 5. The first-order chi connectivity index (χ1) is 11.3. The topological polar surface area (TPSA) is 51.7 Å². The Morgan fingerprint density at radius 2 is 2.48 bits per heavy atom. The van der Waals surface area contributed by atoms with Crippen molar-refractivity contribution in [2.45, 2.75) is 0 Å². The summed E-state index contributed by atoms with van der Waals surface area (Å²) < 4.78 is 11.6. The van der Waals surface area contributed by atoms with Gasteiger partial charge in [0.05, 0.1) is 37.0 Å². The van der Waals surface area contributed by atoms with Crippen LogP contribution in [0.5, 0.6) is 5.75 Å². The molecule has 23 heavy (non-hydrogen) atoms. The van der Waals surface area contributed by atoms with E-state index in [0.29, 0.717) is 32.3 Å². The lowest BCUT2D eigenvalue weighted by atomic mass is 9.82. The highest BCUT2D eigenvalue weighted by atomic mass is 32.1. The molecule has 0 aliphatic carbocycles. The Labute approximate surface area is 138 Å². The molecule has 2 aromatic rings. The quantitative estimate of drug-likeness (QED) is 0.863. The molecule has 4 rings (SSSR count). The average Bonchev–Trinajstić information content (AvgIpc) is 3.29. The fourth-order valence-electron chi connectivity index (χ4n) is 3.42. The fraction of sp³-hybridized carbons (Fsp3) is 0.412. The van der Waals surface area contributed by atoms with Crippen LogP contribution in [0.2, 0.25) is 0 Å². The van der Waals surface area contributed by atoms with Crippen molar-refractivity contribution in [1.82, 2.24) is 9.88 Å². The maximum Gasteiger partial charge on any atom is 0.254 e. The molecule has 0 radical (unpaired) electrons. The molecule has 2 aliphatic heterocycles. The van der Waals surface area contributed by atoms with Crippen molar-refractivity contribution in [2.24, 2.45) is 11.3 Å². The summed E-state index contributed by atoms with van der Waals surface area (Å²) in [5.74, 6) is 1.21. The maximum absolute atomic E-state index is 12.6. The smallest absolute Gasteiger partial charge is 0.254 e. The van der Waals surface area contributed by atoms with Crippen LogP contribution in [0.3, 0.4) is 0 Å². The van der Waals surface area contributed by atoms with Gasteiger partial charge >= 0.3 is 0 Å². The summed E-state index contributed by atoms with van der Waals surface area (Å²) in [7, 11) is 0. The molecule has 0 spiro atoms. The van der Waals surface area contributed by atoms with Crippen molar-refractivity contribution < 1.29 is 14.3 Å². The second-order valence-electron chi connectivity index (χ2n) is 6.25. The van der Waals surface area contributed by atoms with Gasteiger partial charge in [-0.2, -0.15) is 11.3 Å². The Morgan fingerprint density at radius 1 is 1.52 bits per heavy atom. The van der Waals surface area contributed by atoms with Gasteiger partial charge in [0, 0.05) is 30.6 Å². The Balaban J connectivity index is 1.47. The van der Waals surface area contributed by atoms with Crippen LogP contribution in [-0.2, 0) is 4.74 Å². The van der Waals surface area contributed by atoms with Crippen molar-refractivity contribution in [3.63, 3.8) is 0 Å². The predicted molar refractivity (Wildman–Crippen MR) is 86.7 cm³/mol. The van der Waals surface area contributed by atoms with E-state index in [-0.39, 0.29) is 11.3 Å². The van der Waals surface area contributed by atoms with E-state index in [1.165, 1.54) is 0 Å². The molecule has 0 unspecified atom stereocenters. The highest BCUT2D eigenvalue weighted by Crippen LogP contribution is 2.42. The molecule has 0 aromatic carbocycles. The Hall–Kier alpha value is -1.92. The molecule has 0 saturated carbocycles. The summed E-state index contributed by atoms with van der Waals surface area (Å²) in [5, 5.41) is 3.85. The van der Waals surface area contributed by atoms with Crippen LogP contribution in [0, 0.1) is 11.3 Å². The number of thiophene rings is 1. The van der Waals surface area contributed by atoms with E-state index >= 15 is 0 Å². The lowest BCUT2D eigenvalue weighted by Gasteiger charge is -2.27. The monoisotopic (exact) mass is 330 g/mol. The molecule has 2 saturated heterocycles. The number of likely N-dealkylation sites (tertiary alicyclic amines) is 1. The van der Waals surface area contributed by atoms with E-state index in [1.54, 1.807) is 23.7 Å². The molecule has 4 heterocycles. The number of carbonyl (C=O) groups excluding carboxylic acids is 1. The molecule has 2 atom stereocenters. The summed E-state index contributed by atoms with van der Waals surface area (Å²) in [4.78, 5) is 18.6. The van der Waals surface area contributed by atoms with Gasteiger partial charge in [0.2, 0.25) is 0 Å². The molecule has 0 bridgehead atoms. The van der Waals surface area contributed by atoms with Crippen LogP contribution in [0.25, 0.3) is 0 Å². The Morgan fingerprint density at radius 3 is 3.26 bits per heavy atom. The minimum Gasteiger partial charge on any atom is -0.491 e. The molecular formula is C17H18N2O3S. The first-order valence-electron chi connectivity index (χ1n) is 7.69. The zero-order chi connectivity index (χ0) is 15.7. The number of fused-ring (bicyclic) bond motifs is 1. The van der Waals surface area contributed by atoms with Gasteiger partial charge in [-0.05, 0) is 23.6 Å². The van der Waals surface area contributed by atoms with Crippen LogP contribution in [0.15, 0.2) is 41.4 Å². The van der Waals surface area contributed by atoms with Gasteiger partial charge in [-0.1, -0.05) is 0 Å². The highest BCUT2D eigenvalue weighted by Gasteiger charge is 2.52. The summed E-state index contributed by atoms with van der Waals surface area (Å²) in [5.41, 5.74) is 0.667. The van der Waals surface area contributed by atoms with E-state index in [9.17, 15) is 4.79 Å². The number of nitrogens with zero attached hydrogens (tertiary/aromatic N) is 2. The van der Waals surface area contributed by atoms with Gasteiger partial charge in [-0.3, -0.25) is 9.78 Å². The zero-order valence-electron chi connectivity index (χ0n) is 12.7. The third kappa shape index (κ3) is 2.72. The molecule has 2 fully saturated rings. The number of hydrogen-bond donors (Lipinski definition) is 0. The summed E-state index contributed by atoms with van der Waals surface area (Å²) in [6.45, 7) is 3.32. The predicted octanol–water partition coefficient (Wildman–Crippen LogP) is 2.31. The summed E-state index contributed by atoms with van der Waals surface area (Å²) >= 11 is 1.55. The second-order valence-corrected chi connectivity index (χ2v) is 7.03. The van der Waals surface area contributed by atoms with E-state index in [4.69, 9.17) is 9.47 Å². The standard InChI is InChI=1S/C17H18N2O3S/c20-16(13-3-5-23-9-13)19-7-14-8-21-11-17(14,10-19)12-22-15-2-1-4-18-6-15/h1-6,9,14H,7-8,10-12H2/t14-,17+/m1/s1. The van der Waals surface area contributed by atoms with E-state index in [0.717, 1.165) is 17.9 Å². The van der Waals surface area contributed by atoms with Gasteiger partial charge in [-0.25, -0.2) is 0 Å². The molecule has 2 aromatic heterocycles. The molecule has 2 aliphatic rings. The van der Waals surface area contributed by atoms with Crippen LogP contribution in [0.4, 0.5) is 0 Å². The number of aromatic nitrogens is 1. The first-order valence-corrected chi connectivity index (χ1v) is 8.63. The van der Waals surface area contributed by atoms with Crippen molar-refractivity contribution in [1.29, 1.82) is 0 Å². The van der Waals surface area contributed by atoms with E-state index in [2.05, 4.69) is 4.98 Å². The van der Waals surface area contributed by atoms with Crippen molar-refractivity contribution in [2.75, 3.05) is 32.9 Å². The normalized spacial score (nSPS) is 26.3. The van der Waals surface area contributed by atoms with Gasteiger partial charge in [0.1, 0.15) is 5.75 Å². The first kappa shape index (κ1) is 14.7. The van der Waals surface area contributed by atoms with Crippen molar-refractivity contribution in [3.05, 3.63) is 46.9 Å². The van der Waals surface area contributed by atoms with Crippen LogP contribution >= 0.6 is 11.3 Å². The summed E-state index contributed by atoms with van der Waals surface area (Å²) in [6.07, 6.45) is 3.44. The minimum atomic E-state index is -0.110. The molecule has 120 valence electrons. The number of rotatable bonds is 4. The molecule has 6 heteroatoms.